The maximum absolute atomic E-state index is 12.0. The molecule has 2 rings (SSSR count). The molecule has 1 aromatic heterocycles. The van der Waals surface area contributed by atoms with Gasteiger partial charge in [-0.2, -0.15) is 0 Å². The molecule has 0 saturated heterocycles. The van der Waals surface area contributed by atoms with Crippen LogP contribution in [0.5, 0.6) is 0 Å². The van der Waals surface area contributed by atoms with E-state index in [1.807, 2.05) is 38.1 Å². The number of carbonyl (C=O) groups is 1. The van der Waals surface area contributed by atoms with Gasteiger partial charge in [0, 0.05) is 28.8 Å². The molecular weight excluding hydrogens is 318 g/mol. The molecule has 0 spiro atoms. The van der Waals surface area contributed by atoms with Crippen LogP contribution >= 0.6 is 15.9 Å². The van der Waals surface area contributed by atoms with Crippen LogP contribution in [0.1, 0.15) is 13.8 Å². The predicted molar refractivity (Wildman–Crippen MR) is 85.8 cm³/mol. The molecule has 0 aliphatic heterocycles. The Morgan fingerprint density at radius 3 is 2.70 bits per heavy atom. The topological polar surface area (TPSA) is 54.0 Å². The Bertz CT molecular complexity index is 628. The highest BCUT2D eigenvalue weighted by molar-refractivity contribution is 9.10. The lowest BCUT2D eigenvalue weighted by atomic mass is 10.0. The maximum Gasteiger partial charge on any atom is 0.242 e. The first-order valence-electron chi connectivity index (χ1n) is 6.56. The van der Waals surface area contributed by atoms with Crippen molar-refractivity contribution in [2.75, 3.05) is 12.4 Å². The summed E-state index contributed by atoms with van der Waals surface area (Å²) in [6, 6.07) is 7.54. The maximum atomic E-state index is 12.0. The molecule has 0 fully saturated rings. The molecule has 1 heterocycles. The summed E-state index contributed by atoms with van der Waals surface area (Å²) in [6.45, 7) is 4.04. The lowest BCUT2D eigenvalue weighted by molar-refractivity contribution is -0.122. The summed E-state index contributed by atoms with van der Waals surface area (Å²) in [7, 11) is 1.65. The number of benzene rings is 1. The van der Waals surface area contributed by atoms with Crippen LogP contribution < -0.4 is 10.6 Å². The van der Waals surface area contributed by atoms with Gasteiger partial charge in [-0.1, -0.05) is 26.0 Å². The summed E-state index contributed by atoms with van der Waals surface area (Å²) < 4.78 is 0.944. The van der Waals surface area contributed by atoms with Crippen molar-refractivity contribution in [3.05, 3.63) is 34.9 Å². The van der Waals surface area contributed by atoms with Crippen LogP contribution in [0.2, 0.25) is 0 Å². The Morgan fingerprint density at radius 2 is 2.05 bits per heavy atom. The third-order valence-electron chi connectivity index (χ3n) is 3.23. The summed E-state index contributed by atoms with van der Waals surface area (Å²) in [6.07, 6.45) is 1.75. The highest BCUT2D eigenvalue weighted by Crippen LogP contribution is 2.28. The fraction of sp³-hybridized carbons (Fsp3) is 0.333. The van der Waals surface area contributed by atoms with Crippen molar-refractivity contribution in [1.29, 1.82) is 0 Å². The van der Waals surface area contributed by atoms with E-state index in [0.717, 1.165) is 21.1 Å². The van der Waals surface area contributed by atoms with E-state index in [1.54, 1.807) is 13.2 Å². The summed E-state index contributed by atoms with van der Waals surface area (Å²) in [5, 5.41) is 7.02. The summed E-state index contributed by atoms with van der Waals surface area (Å²) in [4.78, 5) is 16.3. The number of amides is 1. The quantitative estimate of drug-likeness (QED) is 0.902. The second kappa shape index (κ2) is 6.22. The molecule has 1 aromatic carbocycles. The van der Waals surface area contributed by atoms with Crippen molar-refractivity contribution >= 4 is 38.4 Å². The molecule has 20 heavy (non-hydrogen) atoms. The van der Waals surface area contributed by atoms with Crippen LogP contribution in [0, 0.1) is 5.92 Å². The second-order valence-corrected chi connectivity index (χ2v) is 5.83. The average Bonchev–Trinajstić information content (AvgIpc) is 2.44. The van der Waals surface area contributed by atoms with E-state index in [9.17, 15) is 4.79 Å². The molecule has 0 aliphatic carbocycles. The molecule has 1 atom stereocenters. The van der Waals surface area contributed by atoms with Gasteiger partial charge in [-0.3, -0.25) is 9.78 Å². The Morgan fingerprint density at radius 1 is 1.30 bits per heavy atom. The van der Waals surface area contributed by atoms with Crippen LogP contribution in [0.25, 0.3) is 10.9 Å². The van der Waals surface area contributed by atoms with Crippen molar-refractivity contribution in [3.63, 3.8) is 0 Å². The van der Waals surface area contributed by atoms with Gasteiger partial charge in [0.25, 0.3) is 0 Å². The Hall–Kier alpha value is -1.62. The normalized spacial score (nSPS) is 12.4. The van der Waals surface area contributed by atoms with Crippen molar-refractivity contribution in [1.82, 2.24) is 10.3 Å². The highest BCUT2D eigenvalue weighted by atomic mass is 79.9. The number of para-hydroxylation sites is 1. The van der Waals surface area contributed by atoms with Crippen molar-refractivity contribution < 1.29 is 4.79 Å². The van der Waals surface area contributed by atoms with Gasteiger partial charge in [0.05, 0.1) is 5.52 Å². The largest absolute Gasteiger partial charge is 0.373 e. The Labute approximate surface area is 127 Å². The summed E-state index contributed by atoms with van der Waals surface area (Å²) in [5.41, 5.74) is 1.80. The minimum Gasteiger partial charge on any atom is -0.373 e. The van der Waals surface area contributed by atoms with Crippen molar-refractivity contribution in [3.8, 4) is 0 Å². The lowest BCUT2D eigenvalue weighted by Gasteiger charge is -2.22. The molecule has 2 N–H and O–H groups in total. The minimum atomic E-state index is -0.274. The standard InChI is InChI=1S/C15H18BrN3O/c1-9(2)13(15(20)17-3)19-12-7-8-18-14-10(12)5-4-6-11(14)16/h4-9,13H,1-3H3,(H,17,20)(H,18,19). The molecule has 2 aromatic rings. The number of nitrogens with one attached hydrogen (secondary N) is 2. The first kappa shape index (κ1) is 14.8. The molecule has 0 radical (unpaired) electrons. The monoisotopic (exact) mass is 335 g/mol. The second-order valence-electron chi connectivity index (χ2n) is 4.97. The van der Waals surface area contributed by atoms with Crippen LogP contribution in [0.3, 0.4) is 0 Å². The smallest absolute Gasteiger partial charge is 0.242 e. The van der Waals surface area contributed by atoms with Crippen LogP contribution in [-0.4, -0.2) is 24.0 Å². The molecule has 106 valence electrons. The zero-order chi connectivity index (χ0) is 14.7. The number of hydrogen-bond donors (Lipinski definition) is 2. The van der Waals surface area contributed by atoms with E-state index < -0.39 is 0 Å². The molecule has 1 amide bonds. The predicted octanol–water partition coefficient (Wildman–Crippen LogP) is 3.18. The first-order chi connectivity index (χ1) is 9.54. The van der Waals surface area contributed by atoms with E-state index >= 15 is 0 Å². The summed E-state index contributed by atoms with van der Waals surface area (Å²) in [5.74, 6) is 0.172. The van der Waals surface area contributed by atoms with E-state index in [2.05, 4.69) is 31.5 Å². The van der Waals surface area contributed by atoms with Gasteiger partial charge < -0.3 is 10.6 Å². The van der Waals surface area contributed by atoms with E-state index in [-0.39, 0.29) is 17.9 Å². The number of pyridine rings is 1. The van der Waals surface area contributed by atoms with Crippen LogP contribution in [0.15, 0.2) is 34.9 Å². The lowest BCUT2D eigenvalue weighted by Crippen LogP contribution is -2.41. The molecule has 0 aliphatic rings. The number of fused-ring (bicyclic) bond motifs is 1. The molecule has 5 heteroatoms. The summed E-state index contributed by atoms with van der Waals surface area (Å²) >= 11 is 3.50. The van der Waals surface area contributed by atoms with E-state index in [4.69, 9.17) is 0 Å². The van der Waals surface area contributed by atoms with Crippen LogP contribution in [-0.2, 0) is 4.79 Å². The SMILES string of the molecule is CNC(=O)C(Nc1ccnc2c(Br)cccc12)C(C)C. The zero-order valence-corrected chi connectivity index (χ0v) is 13.4. The number of nitrogens with zero attached hydrogens (tertiary/aromatic N) is 1. The third kappa shape index (κ3) is 2.93. The van der Waals surface area contributed by atoms with Gasteiger partial charge in [-0.15, -0.1) is 0 Å². The van der Waals surface area contributed by atoms with Crippen LogP contribution in [0.4, 0.5) is 5.69 Å². The molecule has 1 unspecified atom stereocenters. The zero-order valence-electron chi connectivity index (χ0n) is 11.8. The highest BCUT2D eigenvalue weighted by Gasteiger charge is 2.21. The number of anilines is 1. The average molecular weight is 336 g/mol. The number of rotatable bonds is 4. The van der Waals surface area contributed by atoms with Gasteiger partial charge in [0.1, 0.15) is 6.04 Å². The first-order valence-corrected chi connectivity index (χ1v) is 7.35. The molecular formula is C15H18BrN3O. The number of halogens is 1. The van der Waals surface area contributed by atoms with Gasteiger partial charge in [-0.25, -0.2) is 0 Å². The molecule has 0 saturated carbocycles. The number of likely N-dealkylation sites (N-methyl/N-ethyl adjacent to an activating group) is 1. The third-order valence-corrected chi connectivity index (χ3v) is 3.87. The molecule has 0 bridgehead atoms. The van der Waals surface area contributed by atoms with Gasteiger partial charge in [-0.05, 0) is 34.0 Å². The van der Waals surface area contributed by atoms with E-state index in [1.165, 1.54) is 0 Å². The van der Waals surface area contributed by atoms with Gasteiger partial charge >= 0.3 is 0 Å². The van der Waals surface area contributed by atoms with Gasteiger partial charge in [0.2, 0.25) is 5.91 Å². The Kier molecular flexibility index (Phi) is 4.60. The number of hydrogen-bond acceptors (Lipinski definition) is 3. The molecule has 4 nitrogen and oxygen atoms in total. The van der Waals surface area contributed by atoms with Crippen molar-refractivity contribution in [2.24, 2.45) is 5.92 Å². The fourth-order valence-corrected chi connectivity index (χ4v) is 2.59. The fourth-order valence-electron chi connectivity index (χ4n) is 2.12. The van der Waals surface area contributed by atoms with E-state index in [0.29, 0.717) is 0 Å². The number of carbonyl (C=O) groups excluding carboxylic acids is 1. The Balaban J connectivity index is 2.43. The van der Waals surface area contributed by atoms with Gasteiger partial charge in [0.15, 0.2) is 0 Å². The minimum absolute atomic E-state index is 0.0139. The van der Waals surface area contributed by atoms with Crippen molar-refractivity contribution in [2.45, 2.75) is 19.9 Å². The number of aromatic nitrogens is 1.